The van der Waals surface area contributed by atoms with Crippen molar-refractivity contribution in [2.24, 2.45) is 0 Å². The molecule has 3 nitrogen and oxygen atoms in total. The summed E-state index contributed by atoms with van der Waals surface area (Å²) < 4.78 is 7.03. The molecule has 1 aliphatic rings. The van der Waals surface area contributed by atoms with E-state index in [0.29, 0.717) is 6.04 Å². The number of ether oxygens (including phenoxy) is 1. The van der Waals surface area contributed by atoms with Gasteiger partial charge in [-0.2, -0.15) is 0 Å². The Labute approximate surface area is 124 Å². The van der Waals surface area contributed by atoms with Gasteiger partial charge < -0.3 is 10.1 Å². The van der Waals surface area contributed by atoms with E-state index in [0.717, 1.165) is 18.4 Å². The lowest BCUT2D eigenvalue weighted by molar-refractivity contribution is -0.0830. The van der Waals surface area contributed by atoms with Gasteiger partial charge >= 0.3 is 0 Å². The molecule has 0 aliphatic heterocycles. The molecule has 0 spiro atoms. The van der Waals surface area contributed by atoms with E-state index in [1.165, 1.54) is 29.0 Å². The second-order valence-electron chi connectivity index (χ2n) is 5.71. The lowest BCUT2D eigenvalue weighted by Gasteiger charge is -2.42. The van der Waals surface area contributed by atoms with Crippen molar-refractivity contribution in [2.45, 2.75) is 43.7 Å². The summed E-state index contributed by atoms with van der Waals surface area (Å²) in [6.45, 7) is 0. The van der Waals surface area contributed by atoms with Crippen LogP contribution < -0.4 is 5.32 Å². The third kappa shape index (κ3) is 2.73. The molecule has 1 saturated carbocycles. The van der Waals surface area contributed by atoms with Crippen LogP contribution in [-0.2, 0) is 11.2 Å². The molecule has 1 aliphatic carbocycles. The molecule has 1 unspecified atom stereocenters. The lowest BCUT2D eigenvalue weighted by atomic mass is 9.75. The Morgan fingerprint density at radius 3 is 2.80 bits per heavy atom. The van der Waals surface area contributed by atoms with E-state index in [1.807, 2.05) is 25.5 Å². The van der Waals surface area contributed by atoms with Crippen molar-refractivity contribution in [1.29, 1.82) is 0 Å². The van der Waals surface area contributed by atoms with Crippen molar-refractivity contribution >= 4 is 21.6 Å². The molecule has 0 amide bonds. The number of rotatable bonds is 6. The number of methoxy groups -OCH3 is 1. The minimum Gasteiger partial charge on any atom is -0.378 e. The molecule has 0 saturated heterocycles. The fourth-order valence-electron chi connectivity index (χ4n) is 3.01. The first-order chi connectivity index (χ1) is 9.74. The lowest BCUT2D eigenvalue weighted by Crippen LogP contribution is -2.45. The number of hydrogen-bond acceptors (Lipinski definition) is 4. The predicted molar refractivity (Wildman–Crippen MR) is 84.4 cm³/mol. The van der Waals surface area contributed by atoms with Gasteiger partial charge in [0.2, 0.25) is 0 Å². The standard InChI is InChI=1S/C16H22N2OS/c1-17-12(11-16(19-2)8-5-9-16)10-15-18-13-6-3-4-7-14(13)20-15/h3-4,6-7,12,17H,5,8-11H2,1-2H3. The summed E-state index contributed by atoms with van der Waals surface area (Å²) in [4.78, 5) is 4.74. The smallest absolute Gasteiger partial charge is 0.0954 e. The molecule has 1 fully saturated rings. The fraction of sp³-hybridized carbons (Fsp3) is 0.562. The molecule has 1 aromatic heterocycles. The van der Waals surface area contributed by atoms with Gasteiger partial charge in [-0.1, -0.05) is 12.1 Å². The topological polar surface area (TPSA) is 34.2 Å². The summed E-state index contributed by atoms with van der Waals surface area (Å²) in [6.07, 6.45) is 5.76. The quantitative estimate of drug-likeness (QED) is 0.885. The summed E-state index contributed by atoms with van der Waals surface area (Å²) in [5.74, 6) is 0. The molecule has 4 heteroatoms. The van der Waals surface area contributed by atoms with Gasteiger partial charge in [0.1, 0.15) is 0 Å². The number of benzene rings is 1. The van der Waals surface area contributed by atoms with E-state index >= 15 is 0 Å². The van der Waals surface area contributed by atoms with Crippen molar-refractivity contribution in [2.75, 3.05) is 14.2 Å². The van der Waals surface area contributed by atoms with Crippen LogP contribution in [0.3, 0.4) is 0 Å². The highest BCUT2D eigenvalue weighted by molar-refractivity contribution is 7.18. The molecule has 20 heavy (non-hydrogen) atoms. The van der Waals surface area contributed by atoms with Crippen LogP contribution in [0.5, 0.6) is 0 Å². The van der Waals surface area contributed by atoms with Crippen LogP contribution in [0, 0.1) is 0 Å². The molecule has 0 bridgehead atoms. The first-order valence-corrected chi connectivity index (χ1v) is 8.13. The molecule has 108 valence electrons. The maximum absolute atomic E-state index is 5.75. The fourth-order valence-corrected chi connectivity index (χ4v) is 4.05. The predicted octanol–water partition coefficient (Wildman–Crippen LogP) is 3.39. The minimum atomic E-state index is 0.115. The molecular formula is C16H22N2OS. The number of nitrogens with zero attached hydrogens (tertiary/aromatic N) is 1. The van der Waals surface area contributed by atoms with Crippen LogP contribution >= 0.6 is 11.3 Å². The average Bonchev–Trinajstić information content (AvgIpc) is 2.83. The SMILES string of the molecule is CNC(Cc1nc2ccccc2s1)CC1(OC)CCC1. The number of likely N-dealkylation sites (N-methyl/N-ethyl adjacent to an activating group) is 1. The molecule has 3 rings (SSSR count). The molecule has 1 atom stereocenters. The van der Waals surface area contributed by atoms with E-state index < -0.39 is 0 Å². The Hall–Kier alpha value is -0.970. The van der Waals surface area contributed by atoms with Crippen molar-refractivity contribution in [3.63, 3.8) is 0 Å². The molecular weight excluding hydrogens is 268 g/mol. The van der Waals surface area contributed by atoms with Gasteiger partial charge in [0, 0.05) is 19.6 Å². The van der Waals surface area contributed by atoms with Crippen molar-refractivity contribution in [3.05, 3.63) is 29.3 Å². The number of para-hydroxylation sites is 1. The third-order valence-corrected chi connectivity index (χ3v) is 5.54. The third-order valence-electron chi connectivity index (χ3n) is 4.48. The van der Waals surface area contributed by atoms with E-state index in [9.17, 15) is 0 Å². The van der Waals surface area contributed by atoms with Gasteiger partial charge in [0.15, 0.2) is 0 Å². The number of nitrogens with one attached hydrogen (secondary N) is 1. The van der Waals surface area contributed by atoms with Gasteiger partial charge in [-0.05, 0) is 44.9 Å². The van der Waals surface area contributed by atoms with E-state index in [4.69, 9.17) is 9.72 Å². The van der Waals surface area contributed by atoms with Gasteiger partial charge in [0.05, 0.1) is 20.8 Å². The second kappa shape index (κ2) is 5.80. The molecule has 1 aromatic carbocycles. The Balaban J connectivity index is 1.70. The van der Waals surface area contributed by atoms with Gasteiger partial charge in [0.25, 0.3) is 0 Å². The zero-order valence-corrected chi connectivity index (χ0v) is 13.0. The van der Waals surface area contributed by atoms with E-state index in [-0.39, 0.29) is 5.60 Å². The summed E-state index contributed by atoms with van der Waals surface area (Å²) in [5, 5.41) is 4.66. The van der Waals surface area contributed by atoms with Gasteiger partial charge in [-0.15, -0.1) is 11.3 Å². The highest BCUT2D eigenvalue weighted by Gasteiger charge is 2.38. The van der Waals surface area contributed by atoms with Gasteiger partial charge in [-0.25, -0.2) is 4.98 Å². The average molecular weight is 290 g/mol. The van der Waals surface area contributed by atoms with Crippen molar-refractivity contribution in [1.82, 2.24) is 10.3 Å². The second-order valence-corrected chi connectivity index (χ2v) is 6.83. The van der Waals surface area contributed by atoms with E-state index in [2.05, 4.69) is 29.6 Å². The maximum atomic E-state index is 5.75. The van der Waals surface area contributed by atoms with E-state index in [1.54, 1.807) is 0 Å². The Morgan fingerprint density at radius 2 is 2.20 bits per heavy atom. The zero-order chi connectivity index (χ0) is 14.0. The largest absolute Gasteiger partial charge is 0.378 e. The Morgan fingerprint density at radius 1 is 1.40 bits per heavy atom. The van der Waals surface area contributed by atoms with Crippen LogP contribution in [-0.4, -0.2) is 30.8 Å². The zero-order valence-electron chi connectivity index (χ0n) is 12.2. The highest BCUT2D eigenvalue weighted by atomic mass is 32.1. The number of aromatic nitrogens is 1. The normalized spacial score (nSPS) is 18.9. The van der Waals surface area contributed by atoms with Crippen molar-refractivity contribution < 1.29 is 4.74 Å². The monoisotopic (exact) mass is 290 g/mol. The first-order valence-electron chi connectivity index (χ1n) is 7.31. The summed E-state index contributed by atoms with van der Waals surface area (Å²) in [7, 11) is 3.89. The minimum absolute atomic E-state index is 0.115. The number of fused-ring (bicyclic) bond motifs is 1. The molecule has 1 heterocycles. The van der Waals surface area contributed by atoms with Crippen LogP contribution in [0.2, 0.25) is 0 Å². The number of thiazole rings is 1. The van der Waals surface area contributed by atoms with Gasteiger partial charge in [-0.3, -0.25) is 0 Å². The Kier molecular flexibility index (Phi) is 4.06. The van der Waals surface area contributed by atoms with Crippen LogP contribution in [0.4, 0.5) is 0 Å². The highest BCUT2D eigenvalue weighted by Crippen LogP contribution is 2.39. The summed E-state index contributed by atoms with van der Waals surface area (Å²) in [6, 6.07) is 8.81. The first kappa shape index (κ1) is 14.0. The number of hydrogen-bond donors (Lipinski definition) is 1. The maximum Gasteiger partial charge on any atom is 0.0954 e. The van der Waals surface area contributed by atoms with Crippen LogP contribution in [0.25, 0.3) is 10.2 Å². The molecule has 0 radical (unpaired) electrons. The molecule has 2 aromatic rings. The van der Waals surface area contributed by atoms with Crippen LogP contribution in [0.1, 0.15) is 30.7 Å². The summed E-state index contributed by atoms with van der Waals surface area (Å²) in [5.41, 5.74) is 1.23. The summed E-state index contributed by atoms with van der Waals surface area (Å²) >= 11 is 1.81. The van der Waals surface area contributed by atoms with Crippen molar-refractivity contribution in [3.8, 4) is 0 Å². The molecule has 1 N–H and O–H groups in total. The van der Waals surface area contributed by atoms with Crippen LogP contribution in [0.15, 0.2) is 24.3 Å². The Bertz CT molecular complexity index is 538.